The molecule has 1 unspecified atom stereocenters. The quantitative estimate of drug-likeness (QED) is 0.869. The van der Waals surface area contributed by atoms with Crippen molar-refractivity contribution in [3.63, 3.8) is 0 Å². The molecule has 2 aromatic rings. The molecular weight excluding hydrogens is 250 g/mol. The van der Waals surface area contributed by atoms with Gasteiger partial charge in [0.1, 0.15) is 5.82 Å². The summed E-state index contributed by atoms with van der Waals surface area (Å²) in [7, 11) is 0. The molecule has 3 aliphatic rings. The van der Waals surface area contributed by atoms with E-state index in [0.717, 1.165) is 29.2 Å². The van der Waals surface area contributed by atoms with Gasteiger partial charge >= 0.3 is 0 Å². The molecule has 3 saturated heterocycles. The molecule has 1 aromatic carbocycles. The Morgan fingerprint density at radius 3 is 2.70 bits per heavy atom. The van der Waals surface area contributed by atoms with Gasteiger partial charge in [0.15, 0.2) is 0 Å². The first-order valence-corrected chi connectivity index (χ1v) is 7.31. The molecule has 3 N–H and O–H groups in total. The van der Waals surface area contributed by atoms with Gasteiger partial charge in [-0.2, -0.15) is 4.98 Å². The minimum Gasteiger partial charge on any atom is -0.368 e. The lowest BCUT2D eigenvalue weighted by Crippen LogP contribution is -2.53. The smallest absolute Gasteiger partial charge is 0.222 e. The number of nitrogen functional groups attached to an aromatic ring is 1. The predicted molar refractivity (Wildman–Crippen MR) is 80.5 cm³/mol. The van der Waals surface area contributed by atoms with Gasteiger partial charge in [0, 0.05) is 18.0 Å². The predicted octanol–water partition coefficient (Wildman–Crippen LogP) is 1.72. The molecule has 4 heterocycles. The summed E-state index contributed by atoms with van der Waals surface area (Å²) in [6.07, 6.45) is 2.58. The van der Waals surface area contributed by atoms with Gasteiger partial charge in [-0.1, -0.05) is 12.1 Å². The van der Waals surface area contributed by atoms with Crippen LogP contribution < -0.4 is 11.1 Å². The Hall–Kier alpha value is -1.88. The Labute approximate surface area is 118 Å². The molecule has 0 spiro atoms. The lowest BCUT2D eigenvalue weighted by atomic mass is 9.84. The third kappa shape index (κ3) is 1.98. The van der Waals surface area contributed by atoms with Crippen molar-refractivity contribution in [1.29, 1.82) is 0 Å². The van der Waals surface area contributed by atoms with E-state index in [1.54, 1.807) is 0 Å². The van der Waals surface area contributed by atoms with E-state index in [0.29, 0.717) is 12.0 Å². The van der Waals surface area contributed by atoms with E-state index in [4.69, 9.17) is 5.73 Å². The van der Waals surface area contributed by atoms with Gasteiger partial charge in [-0.05, 0) is 44.0 Å². The molecule has 1 atom stereocenters. The van der Waals surface area contributed by atoms with E-state index in [1.165, 1.54) is 25.9 Å². The van der Waals surface area contributed by atoms with Crippen molar-refractivity contribution in [3.05, 3.63) is 24.3 Å². The lowest BCUT2D eigenvalue weighted by molar-refractivity contribution is 0.0974. The highest BCUT2D eigenvalue weighted by molar-refractivity contribution is 5.89. The van der Waals surface area contributed by atoms with Crippen LogP contribution in [0.5, 0.6) is 0 Å². The fourth-order valence-corrected chi connectivity index (χ4v) is 3.51. The Bertz CT molecular complexity index is 633. The maximum atomic E-state index is 5.83. The number of para-hydroxylation sites is 1. The number of benzene rings is 1. The molecular formula is C15H19N5. The number of hydrogen-bond donors (Lipinski definition) is 2. The van der Waals surface area contributed by atoms with Crippen molar-refractivity contribution in [1.82, 2.24) is 14.9 Å². The third-order valence-corrected chi connectivity index (χ3v) is 4.60. The van der Waals surface area contributed by atoms with Crippen molar-refractivity contribution >= 4 is 22.7 Å². The van der Waals surface area contributed by atoms with Crippen molar-refractivity contribution in [2.75, 3.05) is 30.7 Å². The third-order valence-electron chi connectivity index (χ3n) is 4.60. The molecule has 20 heavy (non-hydrogen) atoms. The Morgan fingerprint density at radius 2 is 1.95 bits per heavy atom. The van der Waals surface area contributed by atoms with Crippen molar-refractivity contribution in [3.8, 4) is 0 Å². The Morgan fingerprint density at radius 1 is 1.15 bits per heavy atom. The molecule has 0 radical (unpaired) electrons. The standard InChI is InChI=1S/C15H19N5/c16-15-18-12-4-2-1-3-11(12)14(19-15)17-13-9-20-7-5-10(13)6-8-20/h1-4,10,13H,5-9H2,(H3,16,17,18,19). The average molecular weight is 269 g/mol. The van der Waals surface area contributed by atoms with E-state index in [9.17, 15) is 0 Å². The topological polar surface area (TPSA) is 67.1 Å². The van der Waals surface area contributed by atoms with Crippen LogP contribution in [0.3, 0.4) is 0 Å². The molecule has 3 fully saturated rings. The van der Waals surface area contributed by atoms with Gasteiger partial charge in [-0.15, -0.1) is 0 Å². The number of anilines is 2. The fraction of sp³-hybridized carbons (Fsp3) is 0.467. The first-order chi connectivity index (χ1) is 9.79. The summed E-state index contributed by atoms with van der Waals surface area (Å²) in [6, 6.07) is 8.51. The summed E-state index contributed by atoms with van der Waals surface area (Å²) in [5, 5.41) is 4.68. The highest BCUT2D eigenvalue weighted by atomic mass is 15.2. The number of nitrogens with two attached hydrogens (primary N) is 1. The first kappa shape index (κ1) is 11.9. The van der Waals surface area contributed by atoms with Gasteiger partial charge < -0.3 is 16.0 Å². The summed E-state index contributed by atoms with van der Waals surface area (Å²) in [5.74, 6) is 1.98. The van der Waals surface area contributed by atoms with Gasteiger partial charge in [0.25, 0.3) is 0 Å². The zero-order valence-corrected chi connectivity index (χ0v) is 11.4. The molecule has 5 heteroatoms. The number of hydrogen-bond acceptors (Lipinski definition) is 5. The first-order valence-electron chi connectivity index (χ1n) is 7.31. The second kappa shape index (κ2) is 4.59. The van der Waals surface area contributed by atoms with E-state index in [1.807, 2.05) is 18.2 Å². The zero-order valence-electron chi connectivity index (χ0n) is 11.4. The summed E-state index contributed by atoms with van der Waals surface area (Å²) >= 11 is 0. The number of nitrogens with zero attached hydrogens (tertiary/aromatic N) is 3. The Balaban J connectivity index is 1.68. The summed E-state index contributed by atoms with van der Waals surface area (Å²) in [5.41, 5.74) is 6.74. The molecule has 0 aliphatic carbocycles. The second-order valence-corrected chi connectivity index (χ2v) is 5.84. The molecule has 0 saturated carbocycles. The minimum atomic E-state index is 0.340. The van der Waals surface area contributed by atoms with Gasteiger partial charge in [-0.25, -0.2) is 4.98 Å². The lowest BCUT2D eigenvalue weighted by Gasteiger charge is -2.45. The van der Waals surface area contributed by atoms with Crippen LogP contribution >= 0.6 is 0 Å². The number of nitrogens with one attached hydrogen (secondary N) is 1. The second-order valence-electron chi connectivity index (χ2n) is 5.84. The van der Waals surface area contributed by atoms with E-state index in [2.05, 4.69) is 26.3 Å². The van der Waals surface area contributed by atoms with Gasteiger partial charge in [0.05, 0.1) is 5.52 Å². The number of rotatable bonds is 2. The van der Waals surface area contributed by atoms with Gasteiger partial charge in [-0.3, -0.25) is 0 Å². The van der Waals surface area contributed by atoms with Crippen LogP contribution in [-0.2, 0) is 0 Å². The van der Waals surface area contributed by atoms with Crippen LogP contribution in [0.2, 0.25) is 0 Å². The summed E-state index contributed by atoms with van der Waals surface area (Å²) in [4.78, 5) is 11.2. The summed E-state index contributed by atoms with van der Waals surface area (Å²) < 4.78 is 0. The number of fused-ring (bicyclic) bond motifs is 4. The number of piperidine rings is 3. The maximum Gasteiger partial charge on any atom is 0.222 e. The van der Waals surface area contributed by atoms with Crippen LogP contribution in [0.15, 0.2) is 24.3 Å². The zero-order chi connectivity index (χ0) is 13.5. The van der Waals surface area contributed by atoms with Crippen molar-refractivity contribution in [2.24, 2.45) is 5.92 Å². The molecule has 5 rings (SSSR count). The van der Waals surface area contributed by atoms with E-state index >= 15 is 0 Å². The normalized spacial score (nSPS) is 28.7. The van der Waals surface area contributed by atoms with Gasteiger partial charge in [0.2, 0.25) is 5.95 Å². The van der Waals surface area contributed by atoms with Crippen LogP contribution in [0.1, 0.15) is 12.8 Å². The van der Waals surface area contributed by atoms with Crippen LogP contribution in [0.25, 0.3) is 10.9 Å². The highest BCUT2D eigenvalue weighted by Gasteiger charge is 2.34. The van der Waals surface area contributed by atoms with Crippen LogP contribution in [0, 0.1) is 5.92 Å². The summed E-state index contributed by atoms with van der Waals surface area (Å²) in [6.45, 7) is 3.61. The van der Waals surface area contributed by atoms with E-state index < -0.39 is 0 Å². The molecule has 104 valence electrons. The van der Waals surface area contributed by atoms with E-state index in [-0.39, 0.29) is 0 Å². The minimum absolute atomic E-state index is 0.340. The fourth-order valence-electron chi connectivity index (χ4n) is 3.51. The van der Waals surface area contributed by atoms with Crippen molar-refractivity contribution in [2.45, 2.75) is 18.9 Å². The Kier molecular flexibility index (Phi) is 2.73. The molecule has 5 nitrogen and oxygen atoms in total. The largest absolute Gasteiger partial charge is 0.368 e. The van der Waals surface area contributed by atoms with Crippen LogP contribution in [0.4, 0.5) is 11.8 Å². The van der Waals surface area contributed by atoms with Crippen molar-refractivity contribution < 1.29 is 0 Å². The molecule has 3 aliphatic heterocycles. The average Bonchev–Trinajstić information content (AvgIpc) is 2.48. The van der Waals surface area contributed by atoms with Crippen LogP contribution in [-0.4, -0.2) is 40.5 Å². The number of aromatic nitrogens is 2. The molecule has 1 aromatic heterocycles. The maximum absolute atomic E-state index is 5.83. The highest BCUT2D eigenvalue weighted by Crippen LogP contribution is 2.31. The molecule has 0 amide bonds. The molecule has 2 bridgehead atoms. The SMILES string of the molecule is Nc1nc(NC2CN3CCC2CC3)c2ccccc2n1. The monoisotopic (exact) mass is 269 g/mol.